The zero-order valence-corrected chi connectivity index (χ0v) is 65.2. The zero-order chi connectivity index (χ0) is 71.4. The van der Waals surface area contributed by atoms with Crippen LogP contribution in [0.3, 0.4) is 0 Å². The van der Waals surface area contributed by atoms with Crippen molar-refractivity contribution in [2.24, 2.45) is 11.8 Å². The number of hydrogen-bond acceptors (Lipinski definition) is 15. The van der Waals surface area contributed by atoms with Gasteiger partial charge in [0.15, 0.2) is 12.2 Å². The Morgan fingerprint density at radius 3 is 0.784 bits per heavy atom. The number of aliphatic hydroxyl groups is 1. The first-order valence-electron chi connectivity index (χ1n) is 40.5. The molecule has 0 aliphatic carbocycles. The number of phosphoric acid groups is 2. The maximum atomic E-state index is 13.1. The summed E-state index contributed by atoms with van der Waals surface area (Å²) in [6.45, 7) is 9.55. The molecule has 0 bridgehead atoms. The van der Waals surface area contributed by atoms with E-state index in [9.17, 15) is 43.2 Å². The van der Waals surface area contributed by atoms with Crippen LogP contribution in [-0.4, -0.2) is 96.7 Å². The van der Waals surface area contributed by atoms with E-state index in [1.54, 1.807) is 0 Å². The fourth-order valence-corrected chi connectivity index (χ4v) is 13.6. The first-order chi connectivity index (χ1) is 46.9. The van der Waals surface area contributed by atoms with Gasteiger partial charge in [-0.2, -0.15) is 0 Å². The van der Waals surface area contributed by atoms with Gasteiger partial charge in [0.25, 0.3) is 0 Å². The van der Waals surface area contributed by atoms with Crippen LogP contribution in [0.2, 0.25) is 0 Å². The Morgan fingerprint density at radius 2 is 0.526 bits per heavy atom. The molecule has 0 aliphatic heterocycles. The molecule has 0 rings (SSSR count). The topological polar surface area (TPSA) is 237 Å². The number of ether oxygens (including phenoxy) is 4. The van der Waals surface area contributed by atoms with Gasteiger partial charge >= 0.3 is 39.5 Å². The predicted octanol–water partition coefficient (Wildman–Crippen LogP) is 23.1. The zero-order valence-electron chi connectivity index (χ0n) is 63.4. The van der Waals surface area contributed by atoms with Gasteiger partial charge in [0.05, 0.1) is 26.4 Å². The van der Waals surface area contributed by atoms with Crippen molar-refractivity contribution >= 4 is 39.5 Å². The van der Waals surface area contributed by atoms with Gasteiger partial charge in [0.1, 0.15) is 19.3 Å². The maximum Gasteiger partial charge on any atom is 0.472 e. The highest BCUT2D eigenvalue weighted by Gasteiger charge is 2.30. The summed E-state index contributed by atoms with van der Waals surface area (Å²) in [4.78, 5) is 72.9. The number of rotatable bonds is 77. The third kappa shape index (κ3) is 70.9. The molecular formula is C78H152O17P2. The number of unbranched alkanes of at least 4 members (excludes halogenated alkanes) is 46. The second-order valence-corrected chi connectivity index (χ2v) is 31.7. The highest BCUT2D eigenvalue weighted by atomic mass is 31.2. The van der Waals surface area contributed by atoms with Crippen molar-refractivity contribution in [1.82, 2.24) is 0 Å². The second-order valence-electron chi connectivity index (χ2n) is 28.8. The van der Waals surface area contributed by atoms with Crippen molar-refractivity contribution in [2.45, 2.75) is 426 Å². The molecule has 0 aromatic heterocycles. The molecule has 97 heavy (non-hydrogen) atoms. The number of phosphoric ester groups is 2. The van der Waals surface area contributed by atoms with Gasteiger partial charge in [-0.25, -0.2) is 9.13 Å². The molecule has 0 saturated heterocycles. The number of hydrogen-bond donors (Lipinski definition) is 3. The van der Waals surface area contributed by atoms with Crippen LogP contribution in [-0.2, 0) is 65.4 Å². The van der Waals surface area contributed by atoms with Gasteiger partial charge in [-0.1, -0.05) is 356 Å². The van der Waals surface area contributed by atoms with Crippen LogP contribution >= 0.6 is 15.6 Å². The molecule has 0 aliphatic rings. The quantitative estimate of drug-likeness (QED) is 0.0222. The number of esters is 4. The molecule has 3 N–H and O–H groups in total. The summed E-state index contributed by atoms with van der Waals surface area (Å²) in [6, 6.07) is 0. The van der Waals surface area contributed by atoms with Crippen molar-refractivity contribution in [3.8, 4) is 0 Å². The van der Waals surface area contributed by atoms with Gasteiger partial charge in [0, 0.05) is 25.7 Å². The molecule has 3 unspecified atom stereocenters. The predicted molar refractivity (Wildman–Crippen MR) is 395 cm³/mol. The third-order valence-corrected chi connectivity index (χ3v) is 20.5. The fraction of sp³-hybridized carbons (Fsp3) is 0.949. The molecule has 0 heterocycles. The third-order valence-electron chi connectivity index (χ3n) is 18.6. The van der Waals surface area contributed by atoms with Gasteiger partial charge < -0.3 is 33.8 Å². The minimum atomic E-state index is -4.96. The maximum absolute atomic E-state index is 13.1. The molecule has 19 heteroatoms. The highest BCUT2D eigenvalue weighted by molar-refractivity contribution is 7.47. The van der Waals surface area contributed by atoms with Gasteiger partial charge in [-0.3, -0.25) is 37.3 Å². The van der Waals surface area contributed by atoms with Crippen LogP contribution in [0.25, 0.3) is 0 Å². The van der Waals surface area contributed by atoms with E-state index in [1.165, 1.54) is 218 Å². The first-order valence-corrected chi connectivity index (χ1v) is 43.5. The fourth-order valence-electron chi connectivity index (χ4n) is 12.0. The molecule has 0 aromatic rings. The molecule has 0 amide bonds. The lowest BCUT2D eigenvalue weighted by Crippen LogP contribution is -2.30. The summed E-state index contributed by atoms with van der Waals surface area (Å²) in [5, 5.41) is 10.6. The normalized spacial score (nSPS) is 14.2. The van der Waals surface area contributed by atoms with Gasteiger partial charge in [-0.15, -0.1) is 0 Å². The average molecular weight is 1420 g/mol. The number of carbonyl (C=O) groups excluding carboxylic acids is 4. The Kier molecular flexibility index (Phi) is 68.4. The van der Waals surface area contributed by atoms with E-state index < -0.39 is 97.5 Å². The molecule has 17 nitrogen and oxygen atoms in total. The summed E-state index contributed by atoms with van der Waals surface area (Å²) in [7, 11) is -9.91. The Balaban J connectivity index is 5.22. The lowest BCUT2D eigenvalue weighted by atomic mass is 9.99. The smallest absolute Gasteiger partial charge is 0.462 e. The molecule has 576 valence electrons. The van der Waals surface area contributed by atoms with E-state index in [0.29, 0.717) is 31.6 Å². The van der Waals surface area contributed by atoms with Crippen molar-refractivity contribution in [2.75, 3.05) is 39.6 Å². The molecular weight excluding hydrogens is 1270 g/mol. The molecule has 0 radical (unpaired) electrons. The number of aliphatic hydroxyl groups excluding tert-OH is 1. The minimum Gasteiger partial charge on any atom is -0.462 e. The largest absolute Gasteiger partial charge is 0.472 e. The van der Waals surface area contributed by atoms with Crippen molar-refractivity contribution in [3.05, 3.63) is 0 Å². The van der Waals surface area contributed by atoms with Crippen molar-refractivity contribution < 1.29 is 80.2 Å². The van der Waals surface area contributed by atoms with E-state index >= 15 is 0 Å². The summed E-state index contributed by atoms with van der Waals surface area (Å²) < 4.78 is 68.6. The second kappa shape index (κ2) is 69.8. The van der Waals surface area contributed by atoms with Crippen LogP contribution in [0.4, 0.5) is 0 Å². The number of carbonyl (C=O) groups is 4. The molecule has 0 fully saturated rings. The summed E-state index contributed by atoms with van der Waals surface area (Å²) in [5.41, 5.74) is 0. The van der Waals surface area contributed by atoms with E-state index in [-0.39, 0.29) is 25.7 Å². The molecule has 0 saturated carbocycles. The van der Waals surface area contributed by atoms with Crippen LogP contribution in [0, 0.1) is 11.8 Å². The summed E-state index contributed by atoms with van der Waals surface area (Å²) in [6.07, 6.45) is 58.4. The van der Waals surface area contributed by atoms with Crippen molar-refractivity contribution in [1.29, 1.82) is 0 Å². The van der Waals surface area contributed by atoms with E-state index in [2.05, 4.69) is 41.5 Å². The Morgan fingerprint density at radius 1 is 0.299 bits per heavy atom. The molecule has 6 atom stereocenters. The lowest BCUT2D eigenvalue weighted by molar-refractivity contribution is -0.161. The van der Waals surface area contributed by atoms with Crippen LogP contribution in [0.5, 0.6) is 0 Å². The van der Waals surface area contributed by atoms with Crippen molar-refractivity contribution in [3.63, 3.8) is 0 Å². The standard InChI is InChI=1S/C78H152O17P2/c1-7-10-12-14-16-18-20-22-24-25-26-27-28-30-32-34-36-43-50-56-62-77(82)94-73(66-88-75(80)60-54-48-42-35-33-31-29-23-21-19-17-15-13-11-8-2)68-92-96(84,85)90-64-72(79)65-91-97(86,87)93-69-74(67-89-76(81)61-55-49-45-39-40-46-52-58-70(4)5)95-78(83)63-57-51-44-38-37-41-47-53-59-71(6)9-3/h70-74,79H,7-69H2,1-6H3,(H,84,85)(H,86,87)/t71?,72-,73-,74-/m1/s1. The Bertz CT molecular complexity index is 1870. The minimum absolute atomic E-state index is 0.104. The van der Waals surface area contributed by atoms with Crippen LogP contribution < -0.4 is 0 Å². The Hall–Kier alpha value is -1.94. The summed E-state index contributed by atoms with van der Waals surface area (Å²) in [5.74, 6) is -0.641. The van der Waals surface area contributed by atoms with E-state index in [1.807, 2.05) is 0 Å². The highest BCUT2D eigenvalue weighted by Crippen LogP contribution is 2.45. The first kappa shape index (κ1) is 95.1. The van der Waals surface area contributed by atoms with Gasteiger partial charge in [-0.05, 0) is 37.5 Å². The lowest BCUT2D eigenvalue weighted by Gasteiger charge is -2.21. The van der Waals surface area contributed by atoms with E-state index in [0.717, 1.165) is 102 Å². The molecule has 0 aromatic carbocycles. The molecule has 0 spiro atoms. The van der Waals surface area contributed by atoms with Crippen LogP contribution in [0.15, 0.2) is 0 Å². The Labute approximate surface area is 594 Å². The van der Waals surface area contributed by atoms with E-state index in [4.69, 9.17) is 37.0 Å². The monoisotopic (exact) mass is 1420 g/mol. The summed E-state index contributed by atoms with van der Waals surface area (Å²) >= 11 is 0. The SMILES string of the molecule is CCCCCCCCCCCCCCCCCCCCCCC(=O)O[C@H](COC(=O)CCCCCCCCCCCCCCCCC)COP(=O)(O)OC[C@@H](O)COP(=O)(O)OC[C@@H](COC(=O)CCCCCCCCCC(C)C)OC(=O)CCCCCCCCCCC(C)CC. The van der Waals surface area contributed by atoms with Gasteiger partial charge in [0.2, 0.25) is 0 Å². The average Bonchev–Trinajstić information content (AvgIpc) is 1.01. The van der Waals surface area contributed by atoms with Crippen LogP contribution in [0.1, 0.15) is 408 Å².